The lowest BCUT2D eigenvalue weighted by Gasteiger charge is -2.29. The largest absolute Gasteiger partial charge is 0.465 e. The van der Waals surface area contributed by atoms with Crippen LogP contribution in [0.2, 0.25) is 0 Å². The van der Waals surface area contributed by atoms with E-state index in [1.807, 2.05) is 36.4 Å². The van der Waals surface area contributed by atoms with E-state index in [0.717, 1.165) is 20.8 Å². The average Bonchev–Trinajstić information content (AvgIpc) is 3.39. The van der Waals surface area contributed by atoms with E-state index in [1.165, 1.54) is 11.8 Å². The van der Waals surface area contributed by atoms with Crippen LogP contribution in [0.4, 0.5) is 0 Å². The lowest BCUT2D eigenvalue weighted by Crippen LogP contribution is -2.32. The molecule has 0 amide bonds. The summed E-state index contributed by atoms with van der Waals surface area (Å²) in [6.07, 6.45) is 1.36. The van der Waals surface area contributed by atoms with Crippen LogP contribution < -0.4 is 5.56 Å². The highest BCUT2D eigenvalue weighted by atomic mass is 32.2. The molecule has 8 nitrogen and oxygen atoms in total. The standard InChI is InChI=1S/C24H26N4O4S2/c1-4-31-18(29)14-33-23-26-25-22-27(11-10-15-8-6-5-7-9-15)20(30)19-16-12-24(2,3)32-13-17(16)34-21(19)28(22)23/h5-9H,4,10-14H2,1-3H3. The summed E-state index contributed by atoms with van der Waals surface area (Å²) in [5.41, 5.74) is 1.80. The number of fused-ring (bicyclic) bond motifs is 5. The third-order valence-electron chi connectivity index (χ3n) is 5.88. The summed E-state index contributed by atoms with van der Waals surface area (Å²) in [7, 11) is 0. The number of rotatable bonds is 7. The maximum absolute atomic E-state index is 13.8. The Bertz CT molecular complexity index is 1420. The number of hydrogen-bond acceptors (Lipinski definition) is 8. The van der Waals surface area contributed by atoms with E-state index in [1.54, 1.807) is 22.8 Å². The van der Waals surface area contributed by atoms with Gasteiger partial charge in [0.15, 0.2) is 5.16 Å². The molecular formula is C24H26N4O4S2. The minimum atomic E-state index is -0.341. The van der Waals surface area contributed by atoms with E-state index in [0.29, 0.717) is 48.9 Å². The van der Waals surface area contributed by atoms with Gasteiger partial charge in [-0.1, -0.05) is 42.1 Å². The van der Waals surface area contributed by atoms with Crippen LogP contribution in [0.3, 0.4) is 0 Å². The second-order valence-electron chi connectivity index (χ2n) is 8.81. The number of carbonyl (C=O) groups excluding carboxylic acids is 1. The Balaban J connectivity index is 1.66. The Labute approximate surface area is 204 Å². The van der Waals surface area contributed by atoms with E-state index in [4.69, 9.17) is 9.47 Å². The summed E-state index contributed by atoms with van der Waals surface area (Å²) >= 11 is 2.81. The fraction of sp³-hybridized carbons (Fsp3) is 0.417. The quantitative estimate of drug-likeness (QED) is 0.282. The number of thioether (sulfide) groups is 1. The van der Waals surface area contributed by atoms with Gasteiger partial charge in [0.25, 0.3) is 5.56 Å². The highest BCUT2D eigenvalue weighted by Gasteiger charge is 2.32. The molecule has 1 aliphatic heterocycles. The number of benzene rings is 1. The molecule has 0 atom stereocenters. The van der Waals surface area contributed by atoms with Gasteiger partial charge in [0.05, 0.1) is 30.0 Å². The van der Waals surface area contributed by atoms with Gasteiger partial charge in [-0.25, -0.2) is 4.40 Å². The van der Waals surface area contributed by atoms with Crippen molar-refractivity contribution in [3.63, 3.8) is 0 Å². The first-order chi connectivity index (χ1) is 16.4. The molecule has 0 saturated carbocycles. The number of thiophene rings is 1. The Morgan fingerprint density at radius 3 is 2.82 bits per heavy atom. The van der Waals surface area contributed by atoms with Crippen molar-refractivity contribution in [1.82, 2.24) is 19.2 Å². The second kappa shape index (κ2) is 9.16. The predicted octanol–water partition coefficient (Wildman–Crippen LogP) is 3.85. The van der Waals surface area contributed by atoms with Gasteiger partial charge in [0.2, 0.25) is 5.78 Å². The van der Waals surface area contributed by atoms with Crippen LogP contribution in [-0.2, 0) is 40.3 Å². The zero-order valence-corrected chi connectivity index (χ0v) is 21.0. The van der Waals surface area contributed by atoms with Gasteiger partial charge in [-0.3, -0.25) is 14.2 Å². The van der Waals surface area contributed by atoms with E-state index >= 15 is 0 Å². The Morgan fingerprint density at radius 2 is 2.06 bits per heavy atom. The molecular weight excluding hydrogens is 472 g/mol. The third kappa shape index (κ3) is 4.25. The average molecular weight is 499 g/mol. The molecule has 178 valence electrons. The Kier molecular flexibility index (Phi) is 6.22. The first kappa shape index (κ1) is 23.1. The molecule has 4 heterocycles. The van der Waals surface area contributed by atoms with Crippen molar-refractivity contribution in [2.45, 2.75) is 57.5 Å². The maximum Gasteiger partial charge on any atom is 0.316 e. The molecule has 0 saturated heterocycles. The molecule has 0 bridgehead atoms. The second-order valence-corrected chi connectivity index (χ2v) is 10.8. The van der Waals surface area contributed by atoms with Crippen LogP contribution in [0.25, 0.3) is 16.0 Å². The topological polar surface area (TPSA) is 87.7 Å². The van der Waals surface area contributed by atoms with Crippen LogP contribution in [0.1, 0.15) is 36.8 Å². The summed E-state index contributed by atoms with van der Waals surface area (Å²) < 4.78 is 14.7. The van der Waals surface area contributed by atoms with Crippen molar-refractivity contribution in [2.24, 2.45) is 0 Å². The van der Waals surface area contributed by atoms with Crippen molar-refractivity contribution in [3.05, 3.63) is 56.7 Å². The molecule has 0 N–H and O–H groups in total. The number of esters is 1. The summed E-state index contributed by atoms with van der Waals surface area (Å²) in [5.74, 6) is 0.303. The lowest BCUT2D eigenvalue weighted by atomic mass is 9.94. The van der Waals surface area contributed by atoms with Gasteiger partial charge in [-0.05, 0) is 38.3 Å². The zero-order valence-electron chi connectivity index (χ0n) is 19.4. The first-order valence-electron chi connectivity index (χ1n) is 11.3. The Hall–Kier alpha value is -2.69. The number of nitrogens with zero attached hydrogens (tertiary/aromatic N) is 4. The molecule has 5 rings (SSSR count). The zero-order chi connectivity index (χ0) is 23.9. The minimum absolute atomic E-state index is 0.0528. The van der Waals surface area contributed by atoms with Crippen LogP contribution in [0, 0.1) is 0 Å². The number of hydrogen-bond donors (Lipinski definition) is 0. The van der Waals surface area contributed by atoms with E-state index in [9.17, 15) is 9.59 Å². The van der Waals surface area contributed by atoms with Gasteiger partial charge >= 0.3 is 5.97 Å². The highest BCUT2D eigenvalue weighted by molar-refractivity contribution is 7.99. The summed E-state index contributed by atoms with van der Waals surface area (Å²) in [6, 6.07) is 10.1. The predicted molar refractivity (Wildman–Crippen MR) is 133 cm³/mol. The monoisotopic (exact) mass is 498 g/mol. The molecule has 0 unspecified atom stereocenters. The molecule has 0 fully saturated rings. The maximum atomic E-state index is 13.8. The summed E-state index contributed by atoms with van der Waals surface area (Å²) in [5, 5.41) is 10.0. The normalized spacial score (nSPS) is 15.0. The number of ether oxygens (including phenoxy) is 2. The van der Waals surface area contributed by atoms with E-state index < -0.39 is 0 Å². The molecule has 10 heteroatoms. The molecule has 0 spiro atoms. The van der Waals surface area contributed by atoms with Crippen molar-refractivity contribution in [2.75, 3.05) is 12.4 Å². The van der Waals surface area contributed by atoms with Gasteiger partial charge in [-0.15, -0.1) is 21.5 Å². The van der Waals surface area contributed by atoms with Gasteiger partial charge in [0, 0.05) is 17.8 Å². The third-order valence-corrected chi connectivity index (χ3v) is 7.97. The SMILES string of the molecule is CCOC(=O)CSc1nnc2n(CCc3ccccc3)c(=O)c3c4c(sc3n12)COC(C)(C)C4. The molecule has 4 aromatic rings. The summed E-state index contributed by atoms with van der Waals surface area (Å²) in [6.45, 7) is 7.16. The van der Waals surface area contributed by atoms with Crippen molar-refractivity contribution in [1.29, 1.82) is 0 Å². The van der Waals surface area contributed by atoms with Crippen LogP contribution in [0.15, 0.2) is 40.3 Å². The molecule has 34 heavy (non-hydrogen) atoms. The smallest absolute Gasteiger partial charge is 0.316 e. The van der Waals surface area contributed by atoms with Gasteiger partial charge in [-0.2, -0.15) is 0 Å². The number of aryl methyl sites for hydroxylation is 2. The van der Waals surface area contributed by atoms with Gasteiger partial charge < -0.3 is 9.47 Å². The molecule has 1 aromatic carbocycles. The van der Waals surface area contributed by atoms with Crippen molar-refractivity contribution in [3.8, 4) is 0 Å². The molecule has 0 radical (unpaired) electrons. The number of aromatic nitrogens is 4. The first-order valence-corrected chi connectivity index (χ1v) is 13.1. The van der Waals surface area contributed by atoms with E-state index in [2.05, 4.69) is 22.3 Å². The lowest BCUT2D eigenvalue weighted by molar-refractivity contribution is -0.139. The molecule has 3 aromatic heterocycles. The Morgan fingerprint density at radius 1 is 1.26 bits per heavy atom. The number of carbonyl (C=O) groups is 1. The highest BCUT2D eigenvalue weighted by Crippen LogP contribution is 2.38. The van der Waals surface area contributed by atoms with Crippen molar-refractivity contribution < 1.29 is 14.3 Å². The minimum Gasteiger partial charge on any atom is -0.465 e. The molecule has 0 aliphatic carbocycles. The van der Waals surface area contributed by atoms with Crippen LogP contribution in [-0.4, -0.2) is 43.1 Å². The fourth-order valence-corrected chi connectivity index (χ4v) is 6.27. The summed E-state index contributed by atoms with van der Waals surface area (Å²) in [4.78, 5) is 27.7. The van der Waals surface area contributed by atoms with E-state index in [-0.39, 0.29) is 22.9 Å². The fourth-order valence-electron chi connectivity index (χ4n) is 4.26. The van der Waals surface area contributed by atoms with Crippen molar-refractivity contribution >= 4 is 45.1 Å². The molecule has 1 aliphatic rings. The van der Waals surface area contributed by atoms with Crippen LogP contribution >= 0.6 is 23.1 Å². The van der Waals surface area contributed by atoms with Crippen LogP contribution in [0.5, 0.6) is 0 Å². The van der Waals surface area contributed by atoms with Gasteiger partial charge in [0.1, 0.15) is 4.83 Å².